The highest BCUT2D eigenvalue weighted by Gasteiger charge is 2.29. The molecule has 1 amide bonds. The van der Waals surface area contributed by atoms with Crippen LogP contribution in [-0.4, -0.2) is 28.9 Å². The van der Waals surface area contributed by atoms with Crippen LogP contribution in [0.25, 0.3) is 0 Å². The molecular weight excluding hydrogens is 473 g/mol. The van der Waals surface area contributed by atoms with E-state index in [9.17, 15) is 4.79 Å². The predicted molar refractivity (Wildman–Crippen MR) is 128 cm³/mol. The number of nitrogens with two attached hydrogens (primary N) is 1. The van der Waals surface area contributed by atoms with Crippen molar-refractivity contribution in [1.29, 1.82) is 0 Å². The summed E-state index contributed by atoms with van der Waals surface area (Å²) in [5.74, 6) is -0.418. The molecule has 0 fully saturated rings. The standard InChI is InChI=1S/C22H33Cl2N3O.BrH/c1-2-3-4-5-6-7-8-9-10-13-26-14-15-27(17-26)21(22(25)28)19-12-11-18(23)16-20(19)24;/h11-12,14-16,21H,2-10,13,17H2,1H3,(H2,25,28);1H. The molecular formula is C22H34BrCl2N3O. The monoisotopic (exact) mass is 505 g/mol. The predicted octanol–water partition coefficient (Wildman–Crippen LogP) is 6.67. The van der Waals surface area contributed by atoms with Crippen LogP contribution in [-0.2, 0) is 4.79 Å². The van der Waals surface area contributed by atoms with Crippen LogP contribution in [0.5, 0.6) is 0 Å². The second-order valence-corrected chi connectivity index (χ2v) is 8.41. The van der Waals surface area contributed by atoms with Gasteiger partial charge in [-0.3, -0.25) is 4.79 Å². The summed E-state index contributed by atoms with van der Waals surface area (Å²) in [6.45, 7) is 3.88. The normalized spacial score (nSPS) is 14.2. The van der Waals surface area contributed by atoms with E-state index in [1.54, 1.807) is 18.2 Å². The molecule has 1 aliphatic heterocycles. The van der Waals surface area contributed by atoms with Crippen LogP contribution >= 0.6 is 40.2 Å². The Kier molecular flexibility index (Phi) is 12.8. The average Bonchev–Trinajstić information content (AvgIpc) is 3.10. The van der Waals surface area contributed by atoms with Gasteiger partial charge < -0.3 is 15.5 Å². The molecule has 0 bridgehead atoms. The highest BCUT2D eigenvalue weighted by Crippen LogP contribution is 2.31. The van der Waals surface area contributed by atoms with E-state index in [1.807, 2.05) is 17.3 Å². The number of amides is 1. The Morgan fingerprint density at radius 1 is 1.03 bits per heavy atom. The van der Waals surface area contributed by atoms with Gasteiger partial charge in [0.25, 0.3) is 0 Å². The summed E-state index contributed by atoms with van der Waals surface area (Å²) in [5, 5.41) is 1.00. The minimum absolute atomic E-state index is 0. The molecule has 1 aliphatic rings. The van der Waals surface area contributed by atoms with Crippen molar-refractivity contribution in [2.75, 3.05) is 13.2 Å². The van der Waals surface area contributed by atoms with Crippen LogP contribution in [0.1, 0.15) is 76.3 Å². The molecule has 1 unspecified atom stereocenters. The van der Waals surface area contributed by atoms with E-state index in [-0.39, 0.29) is 17.0 Å². The van der Waals surface area contributed by atoms with Gasteiger partial charge in [-0.2, -0.15) is 0 Å². The molecule has 1 aromatic rings. The van der Waals surface area contributed by atoms with E-state index in [0.29, 0.717) is 22.3 Å². The number of hydrogen-bond donors (Lipinski definition) is 1. The van der Waals surface area contributed by atoms with Gasteiger partial charge in [0.2, 0.25) is 5.91 Å². The molecule has 29 heavy (non-hydrogen) atoms. The Bertz CT molecular complexity index is 657. The SMILES string of the molecule is Br.CCCCCCCCCCCN1C=CN(C(C(N)=O)c2ccc(Cl)cc2Cl)C1. The minimum Gasteiger partial charge on any atom is -0.368 e. The fourth-order valence-electron chi connectivity index (χ4n) is 3.64. The maximum atomic E-state index is 12.1. The van der Waals surface area contributed by atoms with Gasteiger partial charge >= 0.3 is 0 Å². The first-order valence-corrected chi connectivity index (χ1v) is 11.2. The topological polar surface area (TPSA) is 49.6 Å². The average molecular weight is 507 g/mol. The van der Waals surface area contributed by atoms with Gasteiger partial charge in [0.05, 0.1) is 6.67 Å². The second-order valence-electron chi connectivity index (χ2n) is 7.57. The molecule has 7 heteroatoms. The minimum atomic E-state index is -0.589. The molecule has 0 radical (unpaired) electrons. The molecule has 2 N–H and O–H groups in total. The smallest absolute Gasteiger partial charge is 0.244 e. The molecule has 4 nitrogen and oxygen atoms in total. The van der Waals surface area contributed by atoms with Crippen molar-refractivity contribution in [2.24, 2.45) is 5.73 Å². The molecule has 164 valence electrons. The third kappa shape index (κ3) is 8.77. The van der Waals surface area contributed by atoms with Gasteiger partial charge in [0.1, 0.15) is 6.04 Å². The Morgan fingerprint density at radius 2 is 1.66 bits per heavy atom. The van der Waals surface area contributed by atoms with Gasteiger partial charge in [0, 0.05) is 34.6 Å². The lowest BCUT2D eigenvalue weighted by molar-refractivity contribution is -0.122. The fourth-order valence-corrected chi connectivity index (χ4v) is 4.15. The zero-order chi connectivity index (χ0) is 20.4. The summed E-state index contributed by atoms with van der Waals surface area (Å²) < 4.78 is 0. The number of benzene rings is 1. The molecule has 0 aliphatic carbocycles. The number of rotatable bonds is 13. The summed E-state index contributed by atoms with van der Waals surface area (Å²) in [6.07, 6.45) is 15.8. The Morgan fingerprint density at radius 3 is 2.24 bits per heavy atom. The van der Waals surface area contributed by atoms with Crippen molar-refractivity contribution >= 4 is 46.1 Å². The number of carbonyl (C=O) groups is 1. The first kappa shape index (κ1) is 26.1. The lowest BCUT2D eigenvalue weighted by Gasteiger charge is -2.28. The van der Waals surface area contributed by atoms with E-state index in [0.717, 1.165) is 13.0 Å². The molecule has 1 atom stereocenters. The molecule has 0 spiro atoms. The van der Waals surface area contributed by atoms with Crippen molar-refractivity contribution in [3.8, 4) is 0 Å². The molecule has 1 heterocycles. The van der Waals surface area contributed by atoms with Crippen molar-refractivity contribution in [3.63, 3.8) is 0 Å². The van der Waals surface area contributed by atoms with Gasteiger partial charge in [0.15, 0.2) is 0 Å². The van der Waals surface area contributed by atoms with Crippen molar-refractivity contribution < 1.29 is 4.79 Å². The lowest BCUT2D eigenvalue weighted by Crippen LogP contribution is -2.37. The molecule has 0 saturated heterocycles. The molecule has 0 saturated carbocycles. The zero-order valence-corrected chi connectivity index (χ0v) is 20.5. The summed E-state index contributed by atoms with van der Waals surface area (Å²) in [4.78, 5) is 16.3. The first-order chi connectivity index (χ1) is 13.5. The summed E-state index contributed by atoms with van der Waals surface area (Å²) in [5.41, 5.74) is 6.36. The number of hydrogen-bond acceptors (Lipinski definition) is 3. The van der Waals surface area contributed by atoms with Crippen LogP contribution in [0.3, 0.4) is 0 Å². The largest absolute Gasteiger partial charge is 0.368 e. The van der Waals surface area contributed by atoms with E-state index in [4.69, 9.17) is 28.9 Å². The zero-order valence-electron chi connectivity index (χ0n) is 17.3. The van der Waals surface area contributed by atoms with Crippen molar-refractivity contribution in [2.45, 2.75) is 70.8 Å². The van der Waals surface area contributed by atoms with Crippen LogP contribution in [0.4, 0.5) is 0 Å². The van der Waals surface area contributed by atoms with E-state index >= 15 is 0 Å². The van der Waals surface area contributed by atoms with Crippen LogP contribution in [0.2, 0.25) is 10.0 Å². The quantitative estimate of drug-likeness (QED) is 0.303. The number of halogens is 3. The second kappa shape index (κ2) is 14.2. The Balaban J connectivity index is 0.00000420. The van der Waals surface area contributed by atoms with E-state index in [2.05, 4.69) is 11.8 Å². The van der Waals surface area contributed by atoms with Crippen molar-refractivity contribution in [3.05, 3.63) is 46.2 Å². The number of unbranched alkanes of at least 4 members (excludes halogenated alkanes) is 8. The van der Waals surface area contributed by atoms with E-state index in [1.165, 1.54) is 51.4 Å². The maximum absolute atomic E-state index is 12.1. The Hall–Kier alpha value is -0.910. The Labute approximate surface area is 196 Å². The highest BCUT2D eigenvalue weighted by atomic mass is 79.9. The fraction of sp³-hybridized carbons (Fsp3) is 0.591. The van der Waals surface area contributed by atoms with Gasteiger partial charge in [-0.1, -0.05) is 87.6 Å². The molecule has 0 aromatic heterocycles. The third-order valence-electron chi connectivity index (χ3n) is 5.22. The lowest BCUT2D eigenvalue weighted by atomic mass is 10.1. The van der Waals surface area contributed by atoms with Gasteiger partial charge in [-0.25, -0.2) is 0 Å². The van der Waals surface area contributed by atoms with E-state index < -0.39 is 11.9 Å². The number of nitrogens with zero attached hydrogens (tertiary/aromatic N) is 2. The maximum Gasteiger partial charge on any atom is 0.244 e. The summed E-state index contributed by atoms with van der Waals surface area (Å²) >= 11 is 12.3. The van der Waals surface area contributed by atoms with Crippen LogP contribution < -0.4 is 5.73 Å². The molecule has 1 aromatic carbocycles. The van der Waals surface area contributed by atoms with Crippen molar-refractivity contribution in [1.82, 2.24) is 9.80 Å². The number of carbonyl (C=O) groups excluding carboxylic acids is 1. The van der Waals surface area contributed by atoms with Crippen LogP contribution in [0, 0.1) is 0 Å². The van der Waals surface area contributed by atoms with Gasteiger partial charge in [-0.15, -0.1) is 17.0 Å². The summed E-state index contributed by atoms with van der Waals surface area (Å²) in [6, 6.07) is 4.57. The number of primary amides is 1. The summed E-state index contributed by atoms with van der Waals surface area (Å²) in [7, 11) is 0. The molecule has 2 rings (SSSR count). The third-order valence-corrected chi connectivity index (χ3v) is 5.78. The van der Waals surface area contributed by atoms with Crippen LogP contribution in [0.15, 0.2) is 30.6 Å². The van der Waals surface area contributed by atoms with Gasteiger partial charge in [-0.05, 0) is 18.6 Å². The highest BCUT2D eigenvalue weighted by molar-refractivity contribution is 8.93. The first-order valence-electron chi connectivity index (χ1n) is 10.4.